The lowest BCUT2D eigenvalue weighted by atomic mass is 9.87. The van der Waals surface area contributed by atoms with Crippen molar-refractivity contribution in [1.82, 2.24) is 9.55 Å². The lowest BCUT2D eigenvalue weighted by molar-refractivity contribution is -0.274. The van der Waals surface area contributed by atoms with Gasteiger partial charge in [0.05, 0.1) is 16.6 Å². The Kier molecular flexibility index (Phi) is 9.23. The number of aromatic carboxylic acids is 1. The van der Waals surface area contributed by atoms with Crippen LogP contribution in [0.5, 0.6) is 5.75 Å². The lowest BCUT2D eigenvalue weighted by Crippen LogP contribution is -2.23. The second-order valence-electron chi connectivity index (χ2n) is 13.7. The van der Waals surface area contributed by atoms with Gasteiger partial charge in [-0.1, -0.05) is 88.6 Å². The molecule has 0 amide bonds. The van der Waals surface area contributed by atoms with Gasteiger partial charge in [0, 0.05) is 30.4 Å². The SMILES string of the molecule is CC(C)(C)c1ccc(N(Cc2ccc(-c3nc4cc(C(=O)O)ccc4n3C3CCCCC3)cc2)Cc2cccc(OC(F)(F)F)c2)cc1. The van der Waals surface area contributed by atoms with E-state index in [2.05, 4.69) is 71.4 Å². The standard InChI is InChI=1S/C39H40F3N3O3/c1-38(2,3)30-17-19-31(20-18-30)44(25-27-8-7-11-33(22-27)48-39(40,41)42)24-26-12-14-28(15-13-26)36-43-34-23-29(37(46)47)16-21-35(34)45(36)32-9-5-4-6-10-32/h7-8,11-23,32H,4-6,9-10,24-25H2,1-3H3,(H,46,47). The fourth-order valence-electron chi connectivity index (χ4n) is 6.60. The van der Waals surface area contributed by atoms with Gasteiger partial charge in [0.15, 0.2) is 0 Å². The van der Waals surface area contributed by atoms with E-state index >= 15 is 0 Å². The number of benzene rings is 4. The molecule has 0 spiro atoms. The van der Waals surface area contributed by atoms with E-state index in [-0.39, 0.29) is 22.8 Å². The first-order valence-electron chi connectivity index (χ1n) is 16.4. The molecule has 1 fully saturated rings. The number of rotatable bonds is 9. The molecule has 6 nitrogen and oxygen atoms in total. The van der Waals surface area contributed by atoms with Crippen molar-refractivity contribution >= 4 is 22.7 Å². The predicted octanol–water partition coefficient (Wildman–Crippen LogP) is 10.3. The van der Waals surface area contributed by atoms with Crippen LogP contribution in [0.2, 0.25) is 0 Å². The fraction of sp³-hybridized carbons (Fsp3) is 0.333. The Morgan fingerprint density at radius 1 is 0.875 bits per heavy atom. The third-order valence-electron chi connectivity index (χ3n) is 9.07. The van der Waals surface area contributed by atoms with Gasteiger partial charge in [0.25, 0.3) is 0 Å². The van der Waals surface area contributed by atoms with Crippen LogP contribution < -0.4 is 9.64 Å². The lowest BCUT2D eigenvalue weighted by Gasteiger charge is -2.27. The molecule has 0 atom stereocenters. The number of anilines is 1. The maximum absolute atomic E-state index is 13.0. The summed E-state index contributed by atoms with van der Waals surface area (Å²) in [6.45, 7) is 7.35. The molecule has 9 heteroatoms. The van der Waals surface area contributed by atoms with Gasteiger partial charge in [-0.15, -0.1) is 13.2 Å². The van der Waals surface area contributed by atoms with Crippen LogP contribution in [0.25, 0.3) is 22.4 Å². The smallest absolute Gasteiger partial charge is 0.478 e. The summed E-state index contributed by atoms with van der Waals surface area (Å²) in [4.78, 5) is 18.8. The topological polar surface area (TPSA) is 67.6 Å². The monoisotopic (exact) mass is 655 g/mol. The number of alkyl halides is 3. The first-order valence-corrected chi connectivity index (χ1v) is 16.4. The van der Waals surface area contributed by atoms with Crippen LogP contribution in [0.3, 0.4) is 0 Å². The molecule has 1 saturated carbocycles. The van der Waals surface area contributed by atoms with Crippen LogP contribution in [-0.4, -0.2) is 27.0 Å². The number of nitrogens with zero attached hydrogens (tertiary/aromatic N) is 3. The molecule has 4 aromatic carbocycles. The summed E-state index contributed by atoms with van der Waals surface area (Å²) in [5, 5.41) is 9.58. The van der Waals surface area contributed by atoms with Gasteiger partial charge in [-0.25, -0.2) is 9.78 Å². The van der Waals surface area contributed by atoms with E-state index in [1.165, 1.54) is 24.1 Å². The van der Waals surface area contributed by atoms with Gasteiger partial charge < -0.3 is 19.3 Å². The van der Waals surface area contributed by atoms with E-state index < -0.39 is 12.3 Å². The summed E-state index contributed by atoms with van der Waals surface area (Å²) < 4.78 is 45.3. The molecule has 1 aromatic heterocycles. The number of hydrogen-bond acceptors (Lipinski definition) is 4. The molecule has 0 bridgehead atoms. The van der Waals surface area contributed by atoms with Crippen LogP contribution in [0.4, 0.5) is 18.9 Å². The van der Waals surface area contributed by atoms with Crippen molar-refractivity contribution in [2.24, 2.45) is 0 Å². The van der Waals surface area contributed by atoms with Crippen molar-refractivity contribution in [1.29, 1.82) is 0 Å². The van der Waals surface area contributed by atoms with Crippen molar-refractivity contribution in [3.8, 4) is 17.1 Å². The van der Waals surface area contributed by atoms with Crippen LogP contribution >= 0.6 is 0 Å². The number of halogens is 3. The Balaban J connectivity index is 1.32. The minimum absolute atomic E-state index is 0.0220. The number of hydrogen-bond donors (Lipinski definition) is 1. The molecule has 0 aliphatic heterocycles. The van der Waals surface area contributed by atoms with Crippen LogP contribution in [-0.2, 0) is 18.5 Å². The highest BCUT2D eigenvalue weighted by Gasteiger charge is 2.31. The molecule has 250 valence electrons. The van der Waals surface area contributed by atoms with Crippen molar-refractivity contribution in [2.45, 2.75) is 83.8 Å². The average molecular weight is 656 g/mol. The van der Waals surface area contributed by atoms with Crippen molar-refractivity contribution in [3.05, 3.63) is 113 Å². The van der Waals surface area contributed by atoms with Gasteiger partial charge in [-0.05, 0) is 77.4 Å². The predicted molar refractivity (Wildman–Crippen MR) is 182 cm³/mol. The Hall–Kier alpha value is -4.79. The molecule has 5 aromatic rings. The third kappa shape index (κ3) is 7.67. The third-order valence-corrected chi connectivity index (χ3v) is 9.07. The zero-order chi connectivity index (χ0) is 34.1. The van der Waals surface area contributed by atoms with Gasteiger partial charge in [-0.3, -0.25) is 0 Å². The maximum atomic E-state index is 13.0. The second-order valence-corrected chi connectivity index (χ2v) is 13.7. The molecule has 1 heterocycles. The molecular weight excluding hydrogens is 615 g/mol. The summed E-state index contributed by atoms with van der Waals surface area (Å²) in [6.07, 6.45) is 0.844. The van der Waals surface area contributed by atoms with Gasteiger partial charge in [0.2, 0.25) is 0 Å². The Morgan fingerprint density at radius 3 is 2.21 bits per heavy atom. The number of imidazole rings is 1. The summed E-state index contributed by atoms with van der Waals surface area (Å²) in [6, 6.07) is 28.1. The summed E-state index contributed by atoms with van der Waals surface area (Å²) >= 11 is 0. The highest BCUT2D eigenvalue weighted by molar-refractivity contribution is 5.93. The highest BCUT2D eigenvalue weighted by atomic mass is 19.4. The van der Waals surface area contributed by atoms with E-state index in [1.807, 2.05) is 18.2 Å². The van der Waals surface area contributed by atoms with E-state index in [1.54, 1.807) is 24.3 Å². The van der Waals surface area contributed by atoms with E-state index in [0.717, 1.165) is 53.8 Å². The summed E-state index contributed by atoms with van der Waals surface area (Å²) in [5.41, 5.74) is 6.58. The zero-order valence-electron chi connectivity index (χ0n) is 27.4. The molecule has 1 N–H and O–H groups in total. The number of aromatic nitrogens is 2. The number of carboxylic acids is 1. The summed E-state index contributed by atoms with van der Waals surface area (Å²) in [5.74, 6) is -0.405. The first-order chi connectivity index (χ1) is 22.8. The number of carboxylic acid groups (broad SMARTS) is 1. The van der Waals surface area contributed by atoms with Gasteiger partial charge >= 0.3 is 12.3 Å². The number of ether oxygens (including phenoxy) is 1. The van der Waals surface area contributed by atoms with Crippen LogP contribution in [0.15, 0.2) is 91.0 Å². The Labute approximate surface area is 278 Å². The molecule has 0 saturated heterocycles. The van der Waals surface area contributed by atoms with Crippen molar-refractivity contribution in [2.75, 3.05) is 4.90 Å². The fourth-order valence-corrected chi connectivity index (χ4v) is 6.60. The number of fused-ring (bicyclic) bond motifs is 1. The van der Waals surface area contributed by atoms with E-state index in [9.17, 15) is 23.1 Å². The normalized spacial score (nSPS) is 14.3. The number of carbonyl (C=O) groups is 1. The van der Waals surface area contributed by atoms with E-state index in [0.29, 0.717) is 24.2 Å². The molecule has 1 aliphatic carbocycles. The molecule has 0 radical (unpaired) electrons. The molecule has 6 rings (SSSR count). The Morgan fingerprint density at radius 2 is 1.56 bits per heavy atom. The Bertz CT molecular complexity index is 1880. The highest BCUT2D eigenvalue weighted by Crippen LogP contribution is 2.37. The quantitative estimate of drug-likeness (QED) is 0.171. The molecule has 0 unspecified atom stereocenters. The molecule has 1 aliphatic rings. The first kappa shape index (κ1) is 33.1. The largest absolute Gasteiger partial charge is 0.573 e. The van der Waals surface area contributed by atoms with Crippen LogP contribution in [0, 0.1) is 0 Å². The van der Waals surface area contributed by atoms with E-state index in [4.69, 9.17) is 4.98 Å². The molecule has 48 heavy (non-hydrogen) atoms. The average Bonchev–Trinajstić information content (AvgIpc) is 3.43. The maximum Gasteiger partial charge on any atom is 0.573 e. The van der Waals surface area contributed by atoms with Gasteiger partial charge in [0.1, 0.15) is 11.6 Å². The summed E-state index contributed by atoms with van der Waals surface area (Å²) in [7, 11) is 0. The van der Waals surface area contributed by atoms with Gasteiger partial charge in [-0.2, -0.15) is 0 Å². The minimum atomic E-state index is -4.76. The van der Waals surface area contributed by atoms with Crippen molar-refractivity contribution in [3.63, 3.8) is 0 Å². The minimum Gasteiger partial charge on any atom is -0.478 e. The zero-order valence-corrected chi connectivity index (χ0v) is 27.4. The second kappa shape index (κ2) is 13.4. The van der Waals surface area contributed by atoms with Crippen molar-refractivity contribution < 1.29 is 27.8 Å². The molecular formula is C39H40F3N3O3. The van der Waals surface area contributed by atoms with Crippen LogP contribution in [0.1, 0.15) is 86.0 Å².